The van der Waals surface area contributed by atoms with Crippen LogP contribution in [0.4, 0.5) is 4.79 Å². The van der Waals surface area contributed by atoms with Gasteiger partial charge in [0.25, 0.3) is 0 Å². The Morgan fingerprint density at radius 3 is 2.54 bits per heavy atom. The maximum absolute atomic E-state index is 13.1. The van der Waals surface area contributed by atoms with Crippen LogP contribution in [0.5, 0.6) is 0 Å². The zero-order valence-corrected chi connectivity index (χ0v) is 16.8. The molecule has 2 heterocycles. The summed E-state index contributed by atoms with van der Waals surface area (Å²) in [5, 5.41) is 3.20. The number of carbonyl (C=O) groups excluding carboxylic acids is 2. The first-order valence-electron chi connectivity index (χ1n) is 9.73. The van der Waals surface area contributed by atoms with Gasteiger partial charge in [-0.3, -0.25) is 9.78 Å². The molecule has 148 valence electrons. The molecule has 1 aromatic carbocycles. The highest BCUT2D eigenvalue weighted by Gasteiger charge is 2.24. The van der Waals surface area contributed by atoms with Crippen LogP contribution in [-0.2, 0) is 4.79 Å². The maximum atomic E-state index is 13.1. The highest BCUT2D eigenvalue weighted by molar-refractivity contribution is 5.76. The van der Waals surface area contributed by atoms with Crippen molar-refractivity contribution in [3.05, 3.63) is 65.0 Å². The fourth-order valence-electron chi connectivity index (χ4n) is 3.61. The molecule has 0 bridgehead atoms. The van der Waals surface area contributed by atoms with Crippen molar-refractivity contribution in [2.24, 2.45) is 0 Å². The Morgan fingerprint density at radius 1 is 1.07 bits per heavy atom. The second-order valence-electron chi connectivity index (χ2n) is 7.38. The molecule has 1 aliphatic rings. The summed E-state index contributed by atoms with van der Waals surface area (Å²) in [7, 11) is 0. The molecule has 1 fully saturated rings. The van der Waals surface area contributed by atoms with E-state index in [-0.39, 0.29) is 18.0 Å². The third kappa shape index (κ3) is 4.68. The van der Waals surface area contributed by atoms with Gasteiger partial charge in [-0.25, -0.2) is 4.79 Å². The zero-order chi connectivity index (χ0) is 20.1. The SMILES string of the molecule is CC(=O)N1CCCN(C(=O)N[C@H](c2cccnc2)c2cc(C)ccc2C)CC1. The molecule has 2 aromatic rings. The van der Waals surface area contributed by atoms with Gasteiger partial charge in [0, 0.05) is 45.5 Å². The van der Waals surface area contributed by atoms with E-state index in [1.807, 2.05) is 12.1 Å². The summed E-state index contributed by atoms with van der Waals surface area (Å²) >= 11 is 0. The number of nitrogens with one attached hydrogen (secondary N) is 1. The van der Waals surface area contributed by atoms with Crippen molar-refractivity contribution in [2.75, 3.05) is 26.2 Å². The van der Waals surface area contributed by atoms with Gasteiger partial charge in [-0.15, -0.1) is 0 Å². The first-order chi connectivity index (χ1) is 13.5. The molecule has 1 N–H and O–H groups in total. The van der Waals surface area contributed by atoms with E-state index in [0.717, 1.165) is 28.7 Å². The summed E-state index contributed by atoms with van der Waals surface area (Å²) in [6.07, 6.45) is 4.32. The molecule has 0 spiro atoms. The van der Waals surface area contributed by atoms with Crippen molar-refractivity contribution in [3.63, 3.8) is 0 Å². The van der Waals surface area contributed by atoms with Gasteiger partial charge in [-0.2, -0.15) is 0 Å². The molecule has 6 nitrogen and oxygen atoms in total. The van der Waals surface area contributed by atoms with Crippen LogP contribution in [-0.4, -0.2) is 52.9 Å². The minimum absolute atomic E-state index is 0.0610. The van der Waals surface area contributed by atoms with Gasteiger partial charge >= 0.3 is 6.03 Å². The molecule has 1 saturated heterocycles. The molecule has 0 unspecified atom stereocenters. The second-order valence-corrected chi connectivity index (χ2v) is 7.38. The van der Waals surface area contributed by atoms with E-state index < -0.39 is 0 Å². The van der Waals surface area contributed by atoms with Gasteiger partial charge in [0.2, 0.25) is 5.91 Å². The Hall–Kier alpha value is -2.89. The number of carbonyl (C=O) groups is 2. The van der Waals surface area contributed by atoms with Gasteiger partial charge < -0.3 is 15.1 Å². The quantitative estimate of drug-likeness (QED) is 0.890. The van der Waals surface area contributed by atoms with Gasteiger partial charge in [0.1, 0.15) is 0 Å². The number of urea groups is 1. The first kappa shape index (κ1) is 19.9. The third-order valence-electron chi connectivity index (χ3n) is 5.26. The highest BCUT2D eigenvalue weighted by atomic mass is 16.2. The van der Waals surface area contributed by atoms with Gasteiger partial charge in [0.05, 0.1) is 6.04 Å². The van der Waals surface area contributed by atoms with Crippen LogP contribution in [0.1, 0.15) is 41.6 Å². The zero-order valence-electron chi connectivity index (χ0n) is 16.8. The Bertz CT molecular complexity index is 838. The van der Waals surface area contributed by atoms with Crippen molar-refractivity contribution in [2.45, 2.75) is 33.2 Å². The first-order valence-corrected chi connectivity index (χ1v) is 9.73. The third-order valence-corrected chi connectivity index (χ3v) is 5.26. The smallest absolute Gasteiger partial charge is 0.318 e. The minimum Gasteiger partial charge on any atom is -0.341 e. The van der Waals surface area contributed by atoms with Crippen LogP contribution < -0.4 is 5.32 Å². The van der Waals surface area contributed by atoms with Crippen LogP contribution in [0, 0.1) is 13.8 Å². The average Bonchev–Trinajstić information content (AvgIpc) is 2.95. The fourth-order valence-corrected chi connectivity index (χ4v) is 3.61. The van der Waals surface area contributed by atoms with Crippen LogP contribution in [0.2, 0.25) is 0 Å². The Kier molecular flexibility index (Phi) is 6.29. The summed E-state index contributed by atoms with van der Waals surface area (Å²) in [5.74, 6) is 0.0610. The number of amides is 3. The molecule has 0 aliphatic carbocycles. The molecule has 28 heavy (non-hydrogen) atoms. The summed E-state index contributed by atoms with van der Waals surface area (Å²) in [5.41, 5.74) is 4.29. The number of rotatable bonds is 3. The monoisotopic (exact) mass is 380 g/mol. The van der Waals surface area contributed by atoms with Crippen molar-refractivity contribution in [3.8, 4) is 0 Å². The van der Waals surface area contributed by atoms with Crippen LogP contribution in [0.25, 0.3) is 0 Å². The van der Waals surface area contributed by atoms with E-state index in [1.165, 1.54) is 0 Å². The van der Waals surface area contributed by atoms with Crippen LogP contribution in [0.3, 0.4) is 0 Å². The van der Waals surface area contributed by atoms with E-state index in [4.69, 9.17) is 0 Å². The predicted molar refractivity (Wildman–Crippen MR) is 109 cm³/mol. The predicted octanol–water partition coefficient (Wildman–Crippen LogP) is 3.05. The minimum atomic E-state index is -0.270. The number of pyridine rings is 1. The van der Waals surface area contributed by atoms with E-state index in [1.54, 1.807) is 29.1 Å². The molecule has 1 atom stereocenters. The van der Waals surface area contributed by atoms with Crippen molar-refractivity contribution in [1.82, 2.24) is 20.1 Å². The number of aryl methyl sites for hydroxylation is 2. The molecular formula is C22H28N4O2. The van der Waals surface area contributed by atoms with Crippen molar-refractivity contribution < 1.29 is 9.59 Å². The van der Waals surface area contributed by atoms with Crippen molar-refractivity contribution in [1.29, 1.82) is 0 Å². The molecule has 3 amide bonds. The fraction of sp³-hybridized carbons (Fsp3) is 0.409. The number of aromatic nitrogens is 1. The Labute approximate surface area is 166 Å². The van der Waals surface area contributed by atoms with E-state index in [2.05, 4.69) is 42.3 Å². The molecular weight excluding hydrogens is 352 g/mol. The normalized spacial score (nSPS) is 15.7. The number of hydrogen-bond donors (Lipinski definition) is 1. The highest BCUT2D eigenvalue weighted by Crippen LogP contribution is 2.26. The second kappa shape index (κ2) is 8.87. The van der Waals surface area contributed by atoms with Gasteiger partial charge in [-0.1, -0.05) is 29.8 Å². The Balaban J connectivity index is 1.83. The molecule has 1 aromatic heterocycles. The van der Waals surface area contributed by atoms with Crippen molar-refractivity contribution >= 4 is 11.9 Å². The molecule has 0 radical (unpaired) electrons. The van der Waals surface area contributed by atoms with Gasteiger partial charge in [0.15, 0.2) is 0 Å². The maximum Gasteiger partial charge on any atom is 0.318 e. The Morgan fingerprint density at radius 2 is 1.82 bits per heavy atom. The van der Waals surface area contributed by atoms with Gasteiger partial charge in [-0.05, 0) is 43.0 Å². The van der Waals surface area contributed by atoms with E-state index in [0.29, 0.717) is 26.2 Å². The summed E-state index contributed by atoms with van der Waals surface area (Å²) in [4.78, 5) is 32.6. The average molecular weight is 380 g/mol. The largest absolute Gasteiger partial charge is 0.341 e. The number of benzene rings is 1. The van der Waals surface area contributed by atoms with Crippen LogP contribution >= 0.6 is 0 Å². The lowest BCUT2D eigenvalue weighted by Crippen LogP contribution is -2.44. The lowest BCUT2D eigenvalue weighted by molar-refractivity contribution is -0.128. The molecule has 0 saturated carbocycles. The summed E-state index contributed by atoms with van der Waals surface area (Å²) in [6, 6.07) is 9.76. The number of nitrogens with zero attached hydrogens (tertiary/aromatic N) is 3. The topological polar surface area (TPSA) is 65.5 Å². The van der Waals surface area contributed by atoms with E-state index >= 15 is 0 Å². The summed E-state index contributed by atoms with van der Waals surface area (Å²) < 4.78 is 0. The lowest BCUT2D eigenvalue weighted by Gasteiger charge is -2.27. The standard InChI is InChI=1S/C22H28N4O2/c1-16-7-8-17(2)20(14-16)21(19-6-4-9-23-15-19)24-22(28)26-11-5-10-25(12-13-26)18(3)27/h4,6-9,14-15,21H,5,10-13H2,1-3H3,(H,24,28)/t21-/m1/s1. The lowest BCUT2D eigenvalue weighted by atomic mass is 9.94. The molecule has 3 rings (SSSR count). The molecule has 1 aliphatic heterocycles. The molecule has 6 heteroatoms. The number of hydrogen-bond acceptors (Lipinski definition) is 3. The van der Waals surface area contributed by atoms with E-state index in [9.17, 15) is 9.59 Å². The summed E-state index contributed by atoms with van der Waals surface area (Å²) in [6.45, 7) is 8.14. The van der Waals surface area contributed by atoms with Crippen LogP contribution in [0.15, 0.2) is 42.7 Å².